The maximum atomic E-state index is 11.2. The van der Waals surface area contributed by atoms with Gasteiger partial charge >= 0.3 is 0 Å². The summed E-state index contributed by atoms with van der Waals surface area (Å²) in [5, 5.41) is 42.0. The lowest BCUT2D eigenvalue weighted by Gasteiger charge is -2.19. The van der Waals surface area contributed by atoms with Crippen LogP contribution in [0.5, 0.6) is 0 Å². The van der Waals surface area contributed by atoms with Crippen LogP contribution in [0.2, 0.25) is 0 Å². The van der Waals surface area contributed by atoms with Gasteiger partial charge in [-0.3, -0.25) is 20.2 Å². The largest absolute Gasteiger partial charge is 0.386 e. The van der Waals surface area contributed by atoms with Crippen LogP contribution in [-0.2, 0) is 4.79 Å². The lowest BCUT2D eigenvalue weighted by Crippen LogP contribution is -2.43. The molecular weight excluding hydrogens is 356 g/mol. The van der Waals surface area contributed by atoms with E-state index in [0.29, 0.717) is 6.42 Å². The number of aliphatic hydroxyl groups is 2. The van der Waals surface area contributed by atoms with E-state index in [1.807, 2.05) is 6.08 Å². The minimum Gasteiger partial charge on any atom is -0.386 e. The van der Waals surface area contributed by atoms with E-state index in [1.54, 1.807) is 13.0 Å². The highest BCUT2D eigenvalue weighted by Gasteiger charge is 2.40. The molecule has 0 aliphatic carbocycles. The Morgan fingerprint density at radius 1 is 0.852 bits per heavy atom. The summed E-state index contributed by atoms with van der Waals surface area (Å²) < 4.78 is 0. The molecule has 4 unspecified atom stereocenters. The molecule has 0 bridgehead atoms. The van der Waals surface area contributed by atoms with Gasteiger partial charge in [0.05, 0.1) is 6.42 Å². The standard InChI is InChI=1S/C18H32N2O7/c1-2-17(22)15(19(24)25)14-16(20(26)27)18(23)12-10-8-6-4-3-5-7-9-11-13-21/h8,10,13,15-18,22-23H,2-7,9,11-12,14H2,1H3/b10-8-. The van der Waals surface area contributed by atoms with Gasteiger partial charge in [0, 0.05) is 16.3 Å². The van der Waals surface area contributed by atoms with Gasteiger partial charge in [-0.05, 0) is 32.1 Å². The number of carbonyl (C=O) groups is 1. The first kappa shape index (κ1) is 25.1. The monoisotopic (exact) mass is 388 g/mol. The zero-order valence-corrected chi connectivity index (χ0v) is 15.9. The Kier molecular flexibility index (Phi) is 14.2. The molecule has 0 spiro atoms. The van der Waals surface area contributed by atoms with Gasteiger partial charge in [0.25, 0.3) is 0 Å². The highest BCUT2D eigenvalue weighted by molar-refractivity contribution is 5.48. The van der Waals surface area contributed by atoms with Crippen LogP contribution in [0.25, 0.3) is 0 Å². The quantitative estimate of drug-likeness (QED) is 0.128. The Labute approximate surface area is 159 Å². The van der Waals surface area contributed by atoms with Crippen LogP contribution >= 0.6 is 0 Å². The number of nitro groups is 2. The highest BCUT2D eigenvalue weighted by atomic mass is 16.6. The van der Waals surface area contributed by atoms with E-state index < -0.39 is 40.6 Å². The summed E-state index contributed by atoms with van der Waals surface area (Å²) in [5.74, 6) is 0. The van der Waals surface area contributed by atoms with Gasteiger partial charge in [0.15, 0.2) is 0 Å². The number of carbonyl (C=O) groups excluding carboxylic acids is 1. The molecular formula is C18H32N2O7. The Balaban J connectivity index is 4.32. The van der Waals surface area contributed by atoms with Gasteiger partial charge in [-0.25, -0.2) is 0 Å². The molecule has 0 saturated heterocycles. The van der Waals surface area contributed by atoms with Crippen molar-refractivity contribution in [3.05, 3.63) is 32.4 Å². The third-order valence-electron chi connectivity index (χ3n) is 4.57. The maximum Gasteiger partial charge on any atom is 0.245 e. The number of unbranched alkanes of at least 4 members (excludes halogenated alkanes) is 6. The summed E-state index contributed by atoms with van der Waals surface area (Å²) >= 11 is 0. The molecule has 0 aromatic carbocycles. The van der Waals surface area contributed by atoms with E-state index in [2.05, 4.69) is 0 Å². The van der Waals surface area contributed by atoms with Gasteiger partial charge in [-0.15, -0.1) is 0 Å². The van der Waals surface area contributed by atoms with E-state index in [9.17, 15) is 35.2 Å². The number of hydrogen-bond donors (Lipinski definition) is 2. The van der Waals surface area contributed by atoms with Gasteiger partial charge in [0.2, 0.25) is 12.1 Å². The third kappa shape index (κ3) is 11.4. The van der Waals surface area contributed by atoms with Gasteiger partial charge in [0.1, 0.15) is 18.5 Å². The second-order valence-electron chi connectivity index (χ2n) is 6.70. The SMILES string of the molecule is CCC(O)C(CC(C(O)C/C=C\CCCCCCCC=O)[N+](=O)[O-])[N+](=O)[O-]. The summed E-state index contributed by atoms with van der Waals surface area (Å²) in [6.45, 7) is 1.56. The van der Waals surface area contributed by atoms with Crippen molar-refractivity contribution in [2.75, 3.05) is 0 Å². The Bertz CT molecular complexity index is 471. The number of rotatable bonds is 17. The summed E-state index contributed by atoms with van der Waals surface area (Å²) in [4.78, 5) is 31.0. The maximum absolute atomic E-state index is 11.2. The van der Waals surface area contributed by atoms with Crippen LogP contribution in [0.15, 0.2) is 12.2 Å². The molecule has 156 valence electrons. The number of nitrogens with zero attached hydrogens (tertiary/aromatic N) is 2. The molecule has 27 heavy (non-hydrogen) atoms. The zero-order chi connectivity index (χ0) is 20.7. The first-order chi connectivity index (χ1) is 12.8. The highest BCUT2D eigenvalue weighted by Crippen LogP contribution is 2.17. The average Bonchev–Trinajstić information content (AvgIpc) is 2.62. The summed E-state index contributed by atoms with van der Waals surface area (Å²) in [6, 6.07) is -2.97. The predicted molar refractivity (Wildman–Crippen MR) is 101 cm³/mol. The molecule has 0 amide bonds. The lowest BCUT2D eigenvalue weighted by atomic mass is 9.96. The Morgan fingerprint density at radius 2 is 1.37 bits per heavy atom. The molecule has 0 radical (unpaired) electrons. The summed E-state index contributed by atoms with van der Waals surface area (Å²) in [7, 11) is 0. The second-order valence-corrected chi connectivity index (χ2v) is 6.70. The number of aliphatic hydroxyl groups excluding tert-OH is 2. The fourth-order valence-corrected chi connectivity index (χ4v) is 2.82. The normalized spacial score (nSPS) is 16.0. The first-order valence-corrected chi connectivity index (χ1v) is 9.56. The van der Waals surface area contributed by atoms with Crippen molar-refractivity contribution in [3.63, 3.8) is 0 Å². The lowest BCUT2D eigenvalue weighted by molar-refractivity contribution is -0.573. The molecule has 0 aromatic heterocycles. The van der Waals surface area contributed by atoms with Crippen molar-refractivity contribution in [1.82, 2.24) is 0 Å². The van der Waals surface area contributed by atoms with Crippen molar-refractivity contribution in [1.29, 1.82) is 0 Å². The molecule has 0 aromatic rings. The van der Waals surface area contributed by atoms with E-state index in [0.717, 1.165) is 44.8 Å². The van der Waals surface area contributed by atoms with Crippen molar-refractivity contribution in [2.45, 2.75) is 95.4 Å². The predicted octanol–water partition coefficient (Wildman–Crippen LogP) is 2.67. The smallest absolute Gasteiger partial charge is 0.245 e. The topological polar surface area (TPSA) is 144 Å². The van der Waals surface area contributed by atoms with Crippen LogP contribution in [0.3, 0.4) is 0 Å². The number of allylic oxidation sites excluding steroid dienone is 1. The summed E-state index contributed by atoms with van der Waals surface area (Å²) in [6.07, 6.45) is 7.80. The minimum absolute atomic E-state index is 0.0393. The fraction of sp³-hybridized carbons (Fsp3) is 0.833. The van der Waals surface area contributed by atoms with Crippen molar-refractivity contribution in [2.24, 2.45) is 0 Å². The fourth-order valence-electron chi connectivity index (χ4n) is 2.82. The van der Waals surface area contributed by atoms with Crippen LogP contribution in [0.1, 0.15) is 71.1 Å². The second kappa shape index (κ2) is 15.2. The van der Waals surface area contributed by atoms with Gasteiger partial charge in [-0.2, -0.15) is 0 Å². The molecule has 9 heteroatoms. The molecule has 0 rings (SSSR count). The molecule has 0 aliphatic heterocycles. The van der Waals surface area contributed by atoms with E-state index in [-0.39, 0.29) is 12.8 Å². The van der Waals surface area contributed by atoms with Crippen LogP contribution < -0.4 is 0 Å². The Morgan fingerprint density at radius 3 is 1.89 bits per heavy atom. The molecule has 0 saturated carbocycles. The molecule has 0 heterocycles. The number of aldehydes is 1. The van der Waals surface area contributed by atoms with E-state index in [4.69, 9.17) is 0 Å². The Hall–Kier alpha value is -1.87. The average molecular weight is 388 g/mol. The van der Waals surface area contributed by atoms with Crippen LogP contribution in [0, 0.1) is 20.2 Å². The zero-order valence-electron chi connectivity index (χ0n) is 15.9. The van der Waals surface area contributed by atoms with E-state index >= 15 is 0 Å². The van der Waals surface area contributed by atoms with Crippen LogP contribution in [-0.4, -0.2) is 50.6 Å². The minimum atomic E-state index is -1.50. The van der Waals surface area contributed by atoms with Gasteiger partial charge < -0.3 is 15.0 Å². The van der Waals surface area contributed by atoms with Crippen molar-refractivity contribution in [3.8, 4) is 0 Å². The molecule has 0 aliphatic rings. The van der Waals surface area contributed by atoms with Crippen molar-refractivity contribution >= 4 is 6.29 Å². The summed E-state index contributed by atoms with van der Waals surface area (Å²) in [5.41, 5.74) is 0. The molecule has 4 atom stereocenters. The number of hydrogen-bond acceptors (Lipinski definition) is 7. The molecule has 9 nitrogen and oxygen atoms in total. The van der Waals surface area contributed by atoms with Crippen LogP contribution in [0.4, 0.5) is 0 Å². The van der Waals surface area contributed by atoms with Crippen molar-refractivity contribution < 1.29 is 24.9 Å². The third-order valence-corrected chi connectivity index (χ3v) is 4.57. The molecule has 2 N–H and O–H groups in total. The van der Waals surface area contributed by atoms with Gasteiger partial charge in [-0.1, -0.05) is 38.3 Å². The van der Waals surface area contributed by atoms with E-state index in [1.165, 1.54) is 0 Å². The first-order valence-electron chi connectivity index (χ1n) is 9.56. The molecule has 0 fully saturated rings.